The molecule has 0 heterocycles. The van der Waals surface area contributed by atoms with Crippen molar-refractivity contribution in [3.05, 3.63) is 0 Å². The highest BCUT2D eigenvalue weighted by molar-refractivity contribution is 5.87. The van der Waals surface area contributed by atoms with Gasteiger partial charge in [0.25, 0.3) is 0 Å². The Morgan fingerprint density at radius 1 is 1.24 bits per heavy atom. The van der Waals surface area contributed by atoms with E-state index in [1.807, 2.05) is 0 Å². The van der Waals surface area contributed by atoms with Crippen molar-refractivity contribution >= 4 is 23.9 Å². The molecule has 3 amide bonds. The normalized spacial score (nSPS) is 12.1. The molecule has 0 saturated heterocycles. The van der Waals surface area contributed by atoms with Crippen LogP contribution in [-0.4, -0.2) is 47.2 Å². The van der Waals surface area contributed by atoms with Gasteiger partial charge in [-0.25, -0.2) is 9.59 Å². The van der Waals surface area contributed by atoms with E-state index in [9.17, 15) is 19.2 Å². The Balaban J connectivity index is 4.23. The second-order valence-corrected chi connectivity index (χ2v) is 5.32. The number of nitrogens with two attached hydrogens (primary N) is 1. The van der Waals surface area contributed by atoms with E-state index in [0.717, 1.165) is 0 Å². The molecule has 9 nitrogen and oxygen atoms in total. The number of carboxylic acids is 1. The van der Waals surface area contributed by atoms with Crippen molar-refractivity contribution in [3.8, 4) is 0 Å². The number of carbonyl (C=O) groups is 4. The average molecular weight is 303 g/mol. The fraction of sp³-hybridized carbons (Fsp3) is 0.667. The van der Waals surface area contributed by atoms with Gasteiger partial charge in [-0.3, -0.25) is 9.59 Å². The first-order valence-corrected chi connectivity index (χ1v) is 6.28. The predicted molar refractivity (Wildman–Crippen MR) is 72.2 cm³/mol. The summed E-state index contributed by atoms with van der Waals surface area (Å²) in [6, 6.07) is -1.24. The summed E-state index contributed by atoms with van der Waals surface area (Å²) in [6.45, 7) is 4.56. The third-order valence-corrected chi connectivity index (χ3v) is 2.10. The standard InChI is InChI=1S/C12H21N3O6/c1-12(2,3)21-11(20)14-6-9(17)15-7(10(18)19)4-5-8(13)16/h7H,4-6H2,1-3H3,(H2,13,16)(H,14,20)(H,15,17)(H,18,19). The van der Waals surface area contributed by atoms with Gasteiger partial charge in [0.15, 0.2) is 0 Å². The molecular weight excluding hydrogens is 282 g/mol. The number of rotatable bonds is 7. The van der Waals surface area contributed by atoms with Gasteiger partial charge in [0.1, 0.15) is 18.2 Å². The molecule has 0 aromatic heterocycles. The molecule has 0 saturated carbocycles. The summed E-state index contributed by atoms with van der Waals surface area (Å²) < 4.78 is 4.91. The molecule has 0 spiro atoms. The molecule has 5 N–H and O–H groups in total. The van der Waals surface area contributed by atoms with Crippen molar-refractivity contribution in [2.75, 3.05) is 6.54 Å². The maximum Gasteiger partial charge on any atom is 0.408 e. The molecular formula is C12H21N3O6. The molecule has 0 aliphatic heterocycles. The lowest BCUT2D eigenvalue weighted by atomic mass is 10.1. The number of carbonyl (C=O) groups excluding carboxylic acids is 3. The average Bonchev–Trinajstić information content (AvgIpc) is 2.29. The molecule has 0 aromatic rings. The fourth-order valence-electron chi connectivity index (χ4n) is 1.26. The Morgan fingerprint density at radius 2 is 1.81 bits per heavy atom. The fourth-order valence-corrected chi connectivity index (χ4v) is 1.26. The van der Waals surface area contributed by atoms with E-state index >= 15 is 0 Å². The highest BCUT2D eigenvalue weighted by Gasteiger charge is 2.21. The van der Waals surface area contributed by atoms with Crippen LogP contribution in [0.15, 0.2) is 0 Å². The van der Waals surface area contributed by atoms with Crippen molar-refractivity contribution in [1.29, 1.82) is 0 Å². The quantitative estimate of drug-likeness (QED) is 0.491. The number of amides is 3. The summed E-state index contributed by atoms with van der Waals surface area (Å²) in [5.74, 6) is -2.66. The highest BCUT2D eigenvalue weighted by atomic mass is 16.6. The summed E-state index contributed by atoms with van der Waals surface area (Å²) in [7, 11) is 0. The Kier molecular flexibility index (Phi) is 7.18. The Hall–Kier alpha value is -2.32. The van der Waals surface area contributed by atoms with Gasteiger partial charge in [0.05, 0.1) is 0 Å². The van der Waals surface area contributed by atoms with Gasteiger partial charge in [0, 0.05) is 6.42 Å². The minimum atomic E-state index is -1.29. The second-order valence-electron chi connectivity index (χ2n) is 5.32. The molecule has 0 fully saturated rings. The monoisotopic (exact) mass is 303 g/mol. The maximum absolute atomic E-state index is 11.5. The first-order chi connectivity index (χ1) is 9.51. The first-order valence-electron chi connectivity index (χ1n) is 6.28. The molecule has 0 bridgehead atoms. The van der Waals surface area contributed by atoms with Gasteiger partial charge < -0.3 is 26.2 Å². The van der Waals surface area contributed by atoms with E-state index < -0.39 is 42.1 Å². The Morgan fingerprint density at radius 3 is 2.24 bits per heavy atom. The highest BCUT2D eigenvalue weighted by Crippen LogP contribution is 2.06. The lowest BCUT2D eigenvalue weighted by Crippen LogP contribution is -2.46. The number of nitrogens with one attached hydrogen (secondary N) is 2. The van der Waals surface area contributed by atoms with Crippen LogP contribution in [0.5, 0.6) is 0 Å². The zero-order valence-electron chi connectivity index (χ0n) is 12.3. The molecule has 0 radical (unpaired) electrons. The molecule has 0 rings (SSSR count). The summed E-state index contributed by atoms with van der Waals surface area (Å²) in [5.41, 5.74) is 4.21. The molecule has 9 heteroatoms. The zero-order valence-corrected chi connectivity index (χ0v) is 12.3. The number of aliphatic carboxylic acids is 1. The lowest BCUT2D eigenvalue weighted by Gasteiger charge is -2.20. The van der Waals surface area contributed by atoms with Gasteiger partial charge in [-0.05, 0) is 27.2 Å². The van der Waals surface area contributed by atoms with Crippen LogP contribution in [0, 0.1) is 0 Å². The molecule has 0 aliphatic carbocycles. The van der Waals surface area contributed by atoms with E-state index in [2.05, 4.69) is 10.6 Å². The molecule has 120 valence electrons. The number of primary amides is 1. The van der Waals surface area contributed by atoms with E-state index in [4.69, 9.17) is 15.6 Å². The van der Waals surface area contributed by atoms with Crippen LogP contribution >= 0.6 is 0 Å². The summed E-state index contributed by atoms with van der Waals surface area (Å²) in [6.07, 6.45) is -1.08. The van der Waals surface area contributed by atoms with E-state index in [1.165, 1.54) is 0 Å². The largest absolute Gasteiger partial charge is 0.480 e. The number of hydrogen-bond acceptors (Lipinski definition) is 5. The van der Waals surface area contributed by atoms with Gasteiger partial charge in [-0.1, -0.05) is 0 Å². The van der Waals surface area contributed by atoms with Gasteiger partial charge in [-0.2, -0.15) is 0 Å². The molecule has 1 unspecified atom stereocenters. The number of ether oxygens (including phenoxy) is 1. The third-order valence-electron chi connectivity index (χ3n) is 2.10. The maximum atomic E-state index is 11.5. The van der Waals surface area contributed by atoms with E-state index in [-0.39, 0.29) is 12.8 Å². The summed E-state index contributed by atoms with van der Waals surface area (Å²) in [4.78, 5) is 44.3. The summed E-state index contributed by atoms with van der Waals surface area (Å²) >= 11 is 0. The van der Waals surface area contributed by atoms with Crippen LogP contribution in [0.4, 0.5) is 4.79 Å². The van der Waals surface area contributed by atoms with E-state index in [0.29, 0.717) is 0 Å². The van der Waals surface area contributed by atoms with E-state index in [1.54, 1.807) is 20.8 Å². The van der Waals surface area contributed by atoms with Gasteiger partial charge >= 0.3 is 12.1 Å². The smallest absolute Gasteiger partial charge is 0.408 e. The number of alkyl carbamates (subject to hydrolysis) is 1. The van der Waals surface area contributed by atoms with Crippen LogP contribution in [0.25, 0.3) is 0 Å². The van der Waals surface area contributed by atoms with Crippen LogP contribution < -0.4 is 16.4 Å². The third kappa shape index (κ3) is 10.2. The van der Waals surface area contributed by atoms with Gasteiger partial charge in [0.2, 0.25) is 11.8 Å². The Bertz CT molecular complexity index is 416. The molecule has 1 atom stereocenters. The first kappa shape index (κ1) is 18.7. The van der Waals surface area contributed by atoms with Crippen molar-refractivity contribution in [2.24, 2.45) is 5.73 Å². The lowest BCUT2D eigenvalue weighted by molar-refractivity contribution is -0.142. The number of hydrogen-bond donors (Lipinski definition) is 4. The molecule has 0 aliphatic rings. The van der Waals surface area contributed by atoms with Crippen molar-refractivity contribution in [1.82, 2.24) is 10.6 Å². The minimum Gasteiger partial charge on any atom is -0.480 e. The summed E-state index contributed by atoms with van der Waals surface area (Å²) in [5, 5.41) is 13.3. The van der Waals surface area contributed by atoms with Crippen molar-refractivity contribution in [2.45, 2.75) is 45.3 Å². The topological polar surface area (TPSA) is 148 Å². The molecule has 21 heavy (non-hydrogen) atoms. The predicted octanol–water partition coefficient (Wildman–Crippen LogP) is -0.654. The van der Waals surface area contributed by atoms with Crippen molar-refractivity contribution in [3.63, 3.8) is 0 Å². The second kappa shape index (κ2) is 8.08. The minimum absolute atomic E-state index is 0.122. The van der Waals surface area contributed by atoms with Crippen molar-refractivity contribution < 1.29 is 29.0 Å². The van der Waals surface area contributed by atoms with Crippen LogP contribution in [0.2, 0.25) is 0 Å². The van der Waals surface area contributed by atoms with Gasteiger partial charge in [-0.15, -0.1) is 0 Å². The van der Waals surface area contributed by atoms with Crippen LogP contribution in [0.1, 0.15) is 33.6 Å². The Labute approximate surface area is 122 Å². The zero-order chi connectivity index (χ0) is 16.6. The van der Waals surface area contributed by atoms with Crippen LogP contribution in [0.3, 0.4) is 0 Å². The number of carboxylic acid groups (broad SMARTS) is 1. The van der Waals surface area contributed by atoms with Crippen LogP contribution in [-0.2, 0) is 19.1 Å². The molecule has 0 aromatic carbocycles. The SMILES string of the molecule is CC(C)(C)OC(=O)NCC(=O)NC(CCC(N)=O)C(=O)O.